The summed E-state index contributed by atoms with van der Waals surface area (Å²) < 4.78 is 40.3. The van der Waals surface area contributed by atoms with Gasteiger partial charge in [0, 0.05) is 19.5 Å². The molecule has 1 N–H and O–H groups in total. The number of hydrogen-bond acceptors (Lipinski definition) is 2. The third kappa shape index (κ3) is 3.29. The molecule has 0 aliphatic heterocycles. The van der Waals surface area contributed by atoms with Gasteiger partial charge in [0.15, 0.2) is 0 Å². The Balaban J connectivity index is 1.73. The molecule has 1 heterocycles. The average Bonchev–Trinajstić information content (AvgIpc) is 3.27. The SMILES string of the molecule is Cc1c(CNC(=O)c2cc(C3CC3)nn2C)cccc1C(F)(F)F. The van der Waals surface area contributed by atoms with E-state index in [1.165, 1.54) is 17.7 Å². The number of nitrogens with zero attached hydrogens (tertiary/aromatic N) is 2. The van der Waals surface area contributed by atoms with Crippen molar-refractivity contribution in [2.24, 2.45) is 7.05 Å². The maximum absolute atomic E-state index is 12.9. The summed E-state index contributed by atoms with van der Waals surface area (Å²) >= 11 is 0. The van der Waals surface area contributed by atoms with Crippen molar-refractivity contribution in [3.63, 3.8) is 0 Å². The van der Waals surface area contributed by atoms with Crippen LogP contribution in [0.1, 0.15) is 51.6 Å². The molecule has 0 radical (unpaired) electrons. The van der Waals surface area contributed by atoms with Crippen molar-refractivity contribution in [1.29, 1.82) is 0 Å². The number of aromatic nitrogens is 2. The predicted octanol–water partition coefficient (Wildman–Crippen LogP) is 3.55. The molecule has 0 spiro atoms. The van der Waals surface area contributed by atoms with E-state index < -0.39 is 11.7 Å². The van der Waals surface area contributed by atoms with E-state index in [4.69, 9.17) is 0 Å². The number of halogens is 3. The van der Waals surface area contributed by atoms with E-state index in [1.54, 1.807) is 19.2 Å². The van der Waals surface area contributed by atoms with Gasteiger partial charge in [0.1, 0.15) is 5.69 Å². The van der Waals surface area contributed by atoms with Crippen LogP contribution in [0.15, 0.2) is 24.3 Å². The van der Waals surface area contributed by atoms with E-state index in [0.29, 0.717) is 17.2 Å². The molecule has 0 saturated heterocycles. The lowest BCUT2D eigenvalue weighted by molar-refractivity contribution is -0.138. The molecular weight excluding hydrogens is 319 g/mol. The van der Waals surface area contributed by atoms with Gasteiger partial charge in [-0.05, 0) is 43.0 Å². The Morgan fingerprint density at radius 3 is 2.71 bits per heavy atom. The molecule has 7 heteroatoms. The summed E-state index contributed by atoms with van der Waals surface area (Å²) in [6.07, 6.45) is -2.23. The van der Waals surface area contributed by atoms with Gasteiger partial charge >= 0.3 is 6.18 Å². The quantitative estimate of drug-likeness (QED) is 0.927. The van der Waals surface area contributed by atoms with Crippen molar-refractivity contribution in [3.05, 3.63) is 52.3 Å². The third-order valence-electron chi connectivity index (χ3n) is 4.32. The van der Waals surface area contributed by atoms with Crippen molar-refractivity contribution < 1.29 is 18.0 Å². The van der Waals surface area contributed by atoms with E-state index in [-0.39, 0.29) is 18.0 Å². The fraction of sp³-hybridized carbons (Fsp3) is 0.412. The molecule has 1 amide bonds. The number of hydrogen-bond donors (Lipinski definition) is 1. The Hall–Kier alpha value is -2.31. The summed E-state index contributed by atoms with van der Waals surface area (Å²) in [6, 6.07) is 5.74. The van der Waals surface area contributed by atoms with Gasteiger partial charge in [0.2, 0.25) is 0 Å². The number of carbonyl (C=O) groups excluding carboxylic acids is 1. The number of rotatable bonds is 4. The molecule has 2 aromatic rings. The molecule has 1 fully saturated rings. The molecule has 4 nitrogen and oxygen atoms in total. The van der Waals surface area contributed by atoms with E-state index in [9.17, 15) is 18.0 Å². The lowest BCUT2D eigenvalue weighted by atomic mass is 10.0. The van der Waals surface area contributed by atoms with Crippen molar-refractivity contribution in [2.75, 3.05) is 0 Å². The van der Waals surface area contributed by atoms with Crippen molar-refractivity contribution in [2.45, 2.75) is 38.4 Å². The van der Waals surface area contributed by atoms with Gasteiger partial charge in [-0.25, -0.2) is 0 Å². The third-order valence-corrected chi connectivity index (χ3v) is 4.32. The van der Waals surface area contributed by atoms with E-state index >= 15 is 0 Å². The molecule has 0 atom stereocenters. The van der Waals surface area contributed by atoms with Crippen LogP contribution in [0.25, 0.3) is 0 Å². The largest absolute Gasteiger partial charge is 0.416 e. The van der Waals surface area contributed by atoms with Gasteiger partial charge in [-0.3, -0.25) is 9.48 Å². The van der Waals surface area contributed by atoms with E-state index in [1.807, 2.05) is 0 Å². The van der Waals surface area contributed by atoms with Crippen molar-refractivity contribution in [1.82, 2.24) is 15.1 Å². The highest BCUT2D eigenvalue weighted by Crippen LogP contribution is 2.39. The van der Waals surface area contributed by atoms with Crippen molar-refractivity contribution in [3.8, 4) is 0 Å². The second-order valence-corrected chi connectivity index (χ2v) is 6.12. The van der Waals surface area contributed by atoms with Crippen LogP contribution in [0.3, 0.4) is 0 Å². The molecule has 3 rings (SSSR count). The first-order chi connectivity index (χ1) is 11.3. The highest BCUT2D eigenvalue weighted by Gasteiger charge is 2.33. The van der Waals surface area contributed by atoms with Gasteiger partial charge in [-0.15, -0.1) is 0 Å². The zero-order chi connectivity index (χ0) is 17.5. The maximum atomic E-state index is 12.9. The van der Waals surface area contributed by atoms with Gasteiger partial charge in [0.25, 0.3) is 5.91 Å². The van der Waals surface area contributed by atoms with E-state index in [2.05, 4.69) is 10.4 Å². The minimum Gasteiger partial charge on any atom is -0.347 e. The second kappa shape index (κ2) is 5.96. The number of alkyl halides is 3. The fourth-order valence-electron chi connectivity index (χ4n) is 2.73. The van der Waals surface area contributed by atoms with Gasteiger partial charge in [-0.1, -0.05) is 12.1 Å². The van der Waals surface area contributed by atoms with Crippen LogP contribution >= 0.6 is 0 Å². The van der Waals surface area contributed by atoms with Gasteiger partial charge < -0.3 is 5.32 Å². The normalized spacial score (nSPS) is 14.7. The zero-order valence-corrected chi connectivity index (χ0v) is 13.4. The average molecular weight is 337 g/mol. The van der Waals surface area contributed by atoms with Gasteiger partial charge in [-0.2, -0.15) is 18.3 Å². The Morgan fingerprint density at radius 1 is 1.38 bits per heavy atom. The molecule has 24 heavy (non-hydrogen) atoms. The van der Waals surface area contributed by atoms with Crippen LogP contribution in [-0.2, 0) is 19.8 Å². The van der Waals surface area contributed by atoms with E-state index in [0.717, 1.165) is 24.6 Å². The fourth-order valence-corrected chi connectivity index (χ4v) is 2.73. The number of nitrogens with one attached hydrogen (secondary N) is 1. The summed E-state index contributed by atoms with van der Waals surface area (Å²) in [6.45, 7) is 1.46. The molecule has 1 aromatic carbocycles. The Kier molecular flexibility index (Phi) is 4.11. The topological polar surface area (TPSA) is 46.9 Å². The lowest BCUT2D eigenvalue weighted by Gasteiger charge is -2.14. The number of carbonyl (C=O) groups is 1. The number of aryl methyl sites for hydroxylation is 1. The lowest BCUT2D eigenvalue weighted by Crippen LogP contribution is -2.25. The van der Waals surface area contributed by atoms with Gasteiger partial charge in [0.05, 0.1) is 11.3 Å². The summed E-state index contributed by atoms with van der Waals surface area (Å²) in [5, 5.41) is 7.00. The molecule has 1 saturated carbocycles. The molecular formula is C17H18F3N3O. The van der Waals surface area contributed by atoms with Crippen LogP contribution < -0.4 is 5.32 Å². The summed E-state index contributed by atoms with van der Waals surface area (Å²) in [5.74, 6) is 0.0946. The monoisotopic (exact) mass is 337 g/mol. The van der Waals surface area contributed by atoms with Crippen LogP contribution in [-0.4, -0.2) is 15.7 Å². The smallest absolute Gasteiger partial charge is 0.347 e. The highest BCUT2D eigenvalue weighted by molar-refractivity contribution is 5.92. The molecule has 0 bridgehead atoms. The Labute approximate surface area is 137 Å². The Bertz CT molecular complexity index is 776. The first-order valence-electron chi connectivity index (χ1n) is 7.75. The van der Waals surface area contributed by atoms with Crippen LogP contribution in [0.2, 0.25) is 0 Å². The maximum Gasteiger partial charge on any atom is 0.416 e. The van der Waals surface area contributed by atoms with Crippen LogP contribution in [0, 0.1) is 6.92 Å². The van der Waals surface area contributed by atoms with Crippen LogP contribution in [0.4, 0.5) is 13.2 Å². The molecule has 0 unspecified atom stereocenters. The summed E-state index contributed by atoms with van der Waals surface area (Å²) in [4.78, 5) is 12.3. The summed E-state index contributed by atoms with van der Waals surface area (Å²) in [5.41, 5.74) is 1.22. The molecule has 128 valence electrons. The second-order valence-electron chi connectivity index (χ2n) is 6.12. The number of amides is 1. The molecule has 1 aliphatic carbocycles. The number of benzene rings is 1. The van der Waals surface area contributed by atoms with Crippen molar-refractivity contribution >= 4 is 5.91 Å². The van der Waals surface area contributed by atoms with Crippen LogP contribution in [0.5, 0.6) is 0 Å². The standard InChI is InChI=1S/C17H18F3N3O/c1-10-12(4-3-5-13(10)17(18,19)20)9-21-16(24)15-8-14(11-6-7-11)22-23(15)2/h3-5,8,11H,6-7,9H2,1-2H3,(H,21,24). The minimum atomic E-state index is -4.40. The molecule has 1 aromatic heterocycles. The first kappa shape index (κ1) is 16.5. The summed E-state index contributed by atoms with van der Waals surface area (Å²) in [7, 11) is 1.69. The highest BCUT2D eigenvalue weighted by atomic mass is 19.4. The Morgan fingerprint density at radius 2 is 2.08 bits per heavy atom. The molecule has 1 aliphatic rings. The zero-order valence-electron chi connectivity index (χ0n) is 13.4. The minimum absolute atomic E-state index is 0.0402. The predicted molar refractivity (Wildman–Crippen MR) is 82.5 cm³/mol. The first-order valence-corrected chi connectivity index (χ1v) is 7.75.